The lowest BCUT2D eigenvalue weighted by Gasteiger charge is -2.13. The molecule has 0 aliphatic carbocycles. The molecule has 0 saturated carbocycles. The van der Waals surface area contributed by atoms with E-state index in [1.807, 2.05) is 66.7 Å². The molecule has 5 nitrogen and oxygen atoms in total. The zero-order chi connectivity index (χ0) is 27.7. The number of hydrogen-bond acceptors (Lipinski definition) is 6. The largest absolute Gasteiger partial charge is 0.489 e. The Labute approximate surface area is 229 Å². The summed E-state index contributed by atoms with van der Waals surface area (Å²) < 4.78 is 30.2. The normalized spacial score (nSPS) is 12.0. The lowest BCUT2D eigenvalue weighted by molar-refractivity contribution is -0.142. The van der Waals surface area contributed by atoms with Crippen molar-refractivity contribution in [1.82, 2.24) is 0 Å². The van der Waals surface area contributed by atoms with Gasteiger partial charge in [0.15, 0.2) is 0 Å². The highest BCUT2D eigenvalue weighted by atomic mass is 32.1. The van der Waals surface area contributed by atoms with Crippen LogP contribution in [0.2, 0.25) is 0 Å². The second-order valence-corrected chi connectivity index (χ2v) is 11.3. The summed E-state index contributed by atoms with van der Waals surface area (Å²) in [7, 11) is 0. The first-order chi connectivity index (χ1) is 18.1. The van der Waals surface area contributed by atoms with Crippen LogP contribution in [-0.2, 0) is 22.6 Å². The van der Waals surface area contributed by atoms with Crippen LogP contribution < -0.4 is 10.5 Å². The Morgan fingerprint density at radius 3 is 2.53 bits per heavy atom. The van der Waals surface area contributed by atoms with E-state index >= 15 is 0 Å². The van der Waals surface area contributed by atoms with Crippen molar-refractivity contribution >= 4 is 29.6 Å². The van der Waals surface area contributed by atoms with Crippen LogP contribution in [0.5, 0.6) is 5.75 Å². The van der Waals surface area contributed by atoms with Gasteiger partial charge in [-0.1, -0.05) is 57.2 Å². The van der Waals surface area contributed by atoms with E-state index in [1.165, 1.54) is 0 Å². The van der Waals surface area contributed by atoms with Gasteiger partial charge in [-0.3, -0.25) is 4.79 Å². The number of benzene rings is 3. The Hall–Kier alpha value is -3.29. The molecule has 0 spiro atoms. The molecule has 1 heterocycles. The molecular formula is C31H36FNO4S. The molecule has 0 aliphatic heterocycles. The van der Waals surface area contributed by atoms with E-state index < -0.39 is 12.7 Å². The van der Waals surface area contributed by atoms with Crippen molar-refractivity contribution in [3.05, 3.63) is 89.7 Å². The maximum absolute atomic E-state index is 13.1. The molecule has 202 valence electrons. The van der Waals surface area contributed by atoms with Gasteiger partial charge in [-0.15, -0.1) is 0 Å². The first-order valence-corrected chi connectivity index (χ1v) is 13.0. The number of hydrogen-bond donors (Lipinski definition) is 2. The van der Waals surface area contributed by atoms with Crippen LogP contribution in [0.3, 0.4) is 0 Å². The van der Waals surface area contributed by atoms with Crippen molar-refractivity contribution in [3.63, 3.8) is 0 Å². The summed E-state index contributed by atoms with van der Waals surface area (Å²) in [5.74, 6) is 0.345. The number of rotatable bonds is 9. The number of furan rings is 1. The maximum Gasteiger partial charge on any atom is 0.310 e. The molecule has 4 rings (SSSR count). The molecule has 0 fully saturated rings. The summed E-state index contributed by atoms with van der Waals surface area (Å²) in [6.07, 6.45) is 1.79. The van der Waals surface area contributed by atoms with Crippen LogP contribution in [0.1, 0.15) is 50.4 Å². The number of carbonyl (C=O) groups excluding carboxylic acids is 1. The van der Waals surface area contributed by atoms with Crippen molar-refractivity contribution in [3.8, 4) is 16.9 Å². The van der Waals surface area contributed by atoms with E-state index in [9.17, 15) is 9.18 Å². The molecule has 0 saturated heterocycles. The standard InChI is InChI=1S/C27H26FNO4.C4H10S/c1-2-31-26(30)15-21-6-3-4-9-25(21)33-17-18-12-22-10-11-32-27(22)23(13-18)19-7-5-8-20(14-19)24(29)16-28;1-4(2,3)5/h3-14,24H,2,15-17,29H2,1H3;5H,1-3H3. The molecule has 1 atom stereocenters. The summed E-state index contributed by atoms with van der Waals surface area (Å²) in [4.78, 5) is 11.9. The van der Waals surface area contributed by atoms with Gasteiger partial charge >= 0.3 is 5.97 Å². The van der Waals surface area contributed by atoms with Crippen molar-refractivity contribution in [2.45, 2.75) is 51.5 Å². The van der Waals surface area contributed by atoms with Crippen LogP contribution in [0.4, 0.5) is 4.39 Å². The fraction of sp³-hybridized carbons (Fsp3) is 0.323. The predicted octanol–water partition coefficient (Wildman–Crippen LogP) is 7.47. The number of fused-ring (bicyclic) bond motifs is 1. The van der Waals surface area contributed by atoms with E-state index in [0.29, 0.717) is 19.0 Å². The molecule has 0 amide bonds. The zero-order valence-electron chi connectivity index (χ0n) is 22.4. The Morgan fingerprint density at radius 1 is 1.08 bits per heavy atom. The third-order valence-corrected chi connectivity index (χ3v) is 5.41. The number of para-hydroxylation sites is 1. The van der Waals surface area contributed by atoms with Gasteiger partial charge in [-0.05, 0) is 53.9 Å². The van der Waals surface area contributed by atoms with Gasteiger partial charge in [-0.25, -0.2) is 4.39 Å². The topological polar surface area (TPSA) is 74.7 Å². The molecule has 38 heavy (non-hydrogen) atoms. The number of carbonyl (C=O) groups is 1. The second kappa shape index (κ2) is 13.5. The smallest absolute Gasteiger partial charge is 0.310 e. The lowest BCUT2D eigenvalue weighted by Crippen LogP contribution is -2.11. The molecule has 2 N–H and O–H groups in total. The number of alkyl halides is 1. The summed E-state index contributed by atoms with van der Waals surface area (Å²) in [6.45, 7) is 7.95. The molecule has 4 aromatic rings. The average molecular weight is 538 g/mol. The van der Waals surface area contributed by atoms with Crippen molar-refractivity contribution in [2.24, 2.45) is 5.73 Å². The van der Waals surface area contributed by atoms with Gasteiger partial charge in [0, 0.05) is 21.3 Å². The number of thiol groups is 1. The average Bonchev–Trinajstić information content (AvgIpc) is 3.35. The van der Waals surface area contributed by atoms with Crippen LogP contribution in [0.15, 0.2) is 77.4 Å². The van der Waals surface area contributed by atoms with Crippen LogP contribution in [0, 0.1) is 0 Å². The number of esters is 1. The van der Waals surface area contributed by atoms with E-state index in [0.717, 1.165) is 38.8 Å². The second-order valence-electron chi connectivity index (χ2n) is 9.92. The minimum atomic E-state index is -0.667. The molecule has 0 aliphatic rings. The summed E-state index contributed by atoms with van der Waals surface area (Å²) in [5, 5.41) is 0.936. The zero-order valence-corrected chi connectivity index (χ0v) is 23.3. The molecule has 7 heteroatoms. The summed E-state index contributed by atoms with van der Waals surface area (Å²) in [5.41, 5.74) is 10.8. The highest BCUT2D eigenvalue weighted by Crippen LogP contribution is 2.33. The lowest BCUT2D eigenvalue weighted by atomic mass is 9.97. The Morgan fingerprint density at radius 2 is 1.82 bits per heavy atom. The molecule has 1 unspecified atom stereocenters. The first kappa shape index (κ1) is 29.3. The summed E-state index contributed by atoms with van der Waals surface area (Å²) >= 11 is 4.12. The number of ether oxygens (including phenoxy) is 2. The number of nitrogens with two attached hydrogens (primary N) is 1. The third kappa shape index (κ3) is 8.64. The quantitative estimate of drug-likeness (QED) is 0.171. The number of halogens is 1. The monoisotopic (exact) mass is 537 g/mol. The molecule has 3 aromatic carbocycles. The Kier molecular flexibility index (Phi) is 10.4. The fourth-order valence-corrected chi connectivity index (χ4v) is 3.79. The Bertz CT molecular complexity index is 1340. The van der Waals surface area contributed by atoms with Crippen molar-refractivity contribution in [2.75, 3.05) is 13.3 Å². The molecule has 0 radical (unpaired) electrons. The van der Waals surface area contributed by atoms with Gasteiger partial charge in [-0.2, -0.15) is 12.6 Å². The van der Waals surface area contributed by atoms with Crippen LogP contribution >= 0.6 is 12.6 Å². The Balaban J connectivity index is 0.000000732. The van der Waals surface area contributed by atoms with E-state index in [-0.39, 0.29) is 17.1 Å². The van der Waals surface area contributed by atoms with Gasteiger partial charge in [0.05, 0.1) is 25.3 Å². The molecule has 1 aromatic heterocycles. The highest BCUT2D eigenvalue weighted by Gasteiger charge is 2.14. The SMILES string of the molecule is CC(C)(C)S.CCOC(=O)Cc1ccccc1OCc1cc(-c2cccc(C(N)CF)c2)c2occc2c1. The fourth-order valence-electron chi connectivity index (χ4n) is 3.79. The minimum absolute atomic E-state index is 0.150. The van der Waals surface area contributed by atoms with Crippen molar-refractivity contribution < 1.29 is 23.1 Å². The highest BCUT2D eigenvalue weighted by molar-refractivity contribution is 7.81. The first-order valence-electron chi connectivity index (χ1n) is 12.6. The molecular weight excluding hydrogens is 501 g/mol. The summed E-state index contributed by atoms with van der Waals surface area (Å²) in [6, 6.07) is 20.2. The van der Waals surface area contributed by atoms with Gasteiger partial charge in [0.2, 0.25) is 0 Å². The van der Waals surface area contributed by atoms with E-state index in [2.05, 4.69) is 33.4 Å². The van der Waals surface area contributed by atoms with Gasteiger partial charge in [0.25, 0.3) is 0 Å². The van der Waals surface area contributed by atoms with Crippen LogP contribution in [-0.4, -0.2) is 24.0 Å². The van der Waals surface area contributed by atoms with Gasteiger partial charge < -0.3 is 19.6 Å². The predicted molar refractivity (Wildman–Crippen MR) is 154 cm³/mol. The maximum atomic E-state index is 13.1. The minimum Gasteiger partial charge on any atom is -0.489 e. The van der Waals surface area contributed by atoms with Crippen molar-refractivity contribution in [1.29, 1.82) is 0 Å². The van der Waals surface area contributed by atoms with E-state index in [4.69, 9.17) is 19.6 Å². The third-order valence-electron chi connectivity index (χ3n) is 5.41. The molecule has 0 bridgehead atoms. The van der Waals surface area contributed by atoms with Gasteiger partial charge in [0.1, 0.15) is 24.6 Å². The van der Waals surface area contributed by atoms with Crippen LogP contribution in [0.25, 0.3) is 22.1 Å². The van der Waals surface area contributed by atoms with E-state index in [1.54, 1.807) is 13.2 Å².